The van der Waals surface area contributed by atoms with Crippen molar-refractivity contribution in [1.29, 1.82) is 0 Å². The number of carbonyl (C=O) groups excluding carboxylic acids is 1. The molecule has 128 valence electrons. The second kappa shape index (κ2) is 7.99. The van der Waals surface area contributed by atoms with Crippen molar-refractivity contribution in [3.8, 4) is 0 Å². The van der Waals surface area contributed by atoms with Gasteiger partial charge in [0.1, 0.15) is 0 Å². The Labute approximate surface area is 143 Å². The topological polar surface area (TPSA) is 44.8 Å². The zero-order chi connectivity index (χ0) is 17.0. The molecule has 0 aromatic heterocycles. The normalized spacial score (nSPS) is 22.0. The van der Waals surface area contributed by atoms with Crippen LogP contribution in [0.3, 0.4) is 0 Å². The number of amides is 2. The molecule has 0 spiro atoms. The van der Waals surface area contributed by atoms with Crippen LogP contribution in [0.25, 0.3) is 0 Å². The summed E-state index contributed by atoms with van der Waals surface area (Å²) in [6, 6.07) is 5.62. The van der Waals surface area contributed by atoms with Crippen LogP contribution in [-0.2, 0) is 11.3 Å². The predicted molar refractivity (Wildman–Crippen MR) is 94.0 cm³/mol. The Morgan fingerprint density at radius 1 is 1.52 bits per heavy atom. The number of rotatable bonds is 4. The number of nitrogens with zero attached hydrogens (tertiary/aromatic N) is 2. The van der Waals surface area contributed by atoms with Crippen LogP contribution >= 0.6 is 11.6 Å². The van der Waals surface area contributed by atoms with Crippen molar-refractivity contribution in [3.63, 3.8) is 0 Å². The summed E-state index contributed by atoms with van der Waals surface area (Å²) in [5.74, 6) is 0.447. The Hall–Kier alpha value is -1.30. The molecule has 0 aliphatic carbocycles. The molecule has 23 heavy (non-hydrogen) atoms. The molecule has 0 bridgehead atoms. The Morgan fingerprint density at radius 2 is 2.26 bits per heavy atom. The predicted octanol–water partition coefficient (Wildman–Crippen LogP) is 3.29. The van der Waals surface area contributed by atoms with Crippen molar-refractivity contribution in [2.24, 2.45) is 5.92 Å². The van der Waals surface area contributed by atoms with Crippen LogP contribution in [0.5, 0.6) is 0 Å². The SMILES string of the molecule is COCc1c(Cl)cccc1NC(=O)N(C)[C@H]1CCN(C)C[C@@H]1C. The van der Waals surface area contributed by atoms with E-state index < -0.39 is 0 Å². The second-order valence-electron chi connectivity index (χ2n) is 6.34. The molecule has 2 rings (SSSR count). The van der Waals surface area contributed by atoms with Crippen molar-refractivity contribution in [2.45, 2.75) is 26.0 Å². The lowest BCUT2D eigenvalue weighted by molar-refractivity contribution is 0.113. The van der Waals surface area contributed by atoms with Gasteiger partial charge in [-0.05, 0) is 38.1 Å². The molecular formula is C17H26ClN3O2. The lowest BCUT2D eigenvalue weighted by Crippen LogP contribution is -2.50. The number of anilines is 1. The van der Waals surface area contributed by atoms with Crippen LogP contribution in [0, 0.1) is 5.92 Å². The molecule has 5 nitrogen and oxygen atoms in total. The molecule has 1 aliphatic rings. The number of ether oxygens (including phenoxy) is 1. The van der Waals surface area contributed by atoms with E-state index in [0.29, 0.717) is 23.2 Å². The molecule has 1 aliphatic heterocycles. The Balaban J connectivity index is 2.08. The highest BCUT2D eigenvalue weighted by molar-refractivity contribution is 6.31. The molecule has 0 radical (unpaired) electrons. The number of piperidine rings is 1. The summed E-state index contributed by atoms with van der Waals surface area (Å²) in [5.41, 5.74) is 1.51. The first-order valence-corrected chi connectivity index (χ1v) is 8.30. The molecule has 1 saturated heterocycles. The van der Waals surface area contributed by atoms with E-state index in [2.05, 4.69) is 24.2 Å². The molecule has 1 aromatic rings. The fourth-order valence-corrected chi connectivity index (χ4v) is 3.47. The van der Waals surface area contributed by atoms with Gasteiger partial charge in [0, 0.05) is 43.0 Å². The summed E-state index contributed by atoms with van der Waals surface area (Å²) in [4.78, 5) is 16.7. The van der Waals surface area contributed by atoms with E-state index in [1.54, 1.807) is 13.2 Å². The van der Waals surface area contributed by atoms with Crippen LogP contribution in [0.2, 0.25) is 5.02 Å². The largest absolute Gasteiger partial charge is 0.380 e. The van der Waals surface area contributed by atoms with E-state index in [4.69, 9.17) is 16.3 Å². The van der Waals surface area contributed by atoms with Gasteiger partial charge in [-0.2, -0.15) is 0 Å². The Kier molecular flexibility index (Phi) is 6.27. The van der Waals surface area contributed by atoms with Crippen molar-refractivity contribution in [1.82, 2.24) is 9.80 Å². The van der Waals surface area contributed by atoms with E-state index in [-0.39, 0.29) is 12.1 Å². The minimum absolute atomic E-state index is 0.106. The maximum absolute atomic E-state index is 12.6. The van der Waals surface area contributed by atoms with Gasteiger partial charge in [0.25, 0.3) is 0 Å². The van der Waals surface area contributed by atoms with Gasteiger partial charge in [0.05, 0.1) is 6.61 Å². The molecule has 2 atom stereocenters. The van der Waals surface area contributed by atoms with Gasteiger partial charge in [0.15, 0.2) is 0 Å². The summed E-state index contributed by atoms with van der Waals surface area (Å²) in [5, 5.41) is 3.57. The molecule has 0 saturated carbocycles. The van der Waals surface area contributed by atoms with Gasteiger partial charge in [-0.3, -0.25) is 0 Å². The van der Waals surface area contributed by atoms with Crippen molar-refractivity contribution >= 4 is 23.3 Å². The smallest absolute Gasteiger partial charge is 0.321 e. The van der Waals surface area contributed by atoms with Crippen LogP contribution in [0.4, 0.5) is 10.5 Å². The number of nitrogens with one attached hydrogen (secondary N) is 1. The molecule has 1 aromatic carbocycles. The maximum atomic E-state index is 12.6. The lowest BCUT2D eigenvalue weighted by atomic mass is 9.93. The van der Waals surface area contributed by atoms with Crippen LogP contribution in [0.1, 0.15) is 18.9 Å². The fourth-order valence-electron chi connectivity index (χ4n) is 3.24. The molecule has 6 heteroatoms. The standard InChI is InChI=1S/C17H26ClN3O2/c1-12-10-20(2)9-8-16(12)21(3)17(22)19-15-7-5-6-14(18)13(15)11-23-4/h5-7,12,16H,8-11H2,1-4H3,(H,19,22)/t12-,16-/m0/s1. The summed E-state index contributed by atoms with van der Waals surface area (Å²) >= 11 is 6.21. The molecule has 1 fully saturated rings. The lowest BCUT2D eigenvalue weighted by Gasteiger charge is -2.39. The maximum Gasteiger partial charge on any atom is 0.321 e. The number of benzene rings is 1. The quantitative estimate of drug-likeness (QED) is 0.915. The number of hydrogen-bond acceptors (Lipinski definition) is 3. The first-order chi connectivity index (χ1) is 10.9. The number of likely N-dealkylation sites (tertiary alicyclic amines) is 1. The first-order valence-electron chi connectivity index (χ1n) is 7.92. The molecule has 1 heterocycles. The van der Waals surface area contributed by atoms with Gasteiger partial charge < -0.3 is 19.9 Å². The van der Waals surface area contributed by atoms with Crippen molar-refractivity contribution < 1.29 is 9.53 Å². The van der Waals surface area contributed by atoms with Crippen LogP contribution in [-0.4, -0.2) is 56.2 Å². The highest BCUT2D eigenvalue weighted by Crippen LogP contribution is 2.26. The molecule has 1 N–H and O–H groups in total. The van der Waals surface area contributed by atoms with Crippen LogP contribution < -0.4 is 5.32 Å². The first kappa shape index (κ1) is 18.0. The average Bonchev–Trinajstić information content (AvgIpc) is 2.50. The Bertz CT molecular complexity index is 553. The minimum atomic E-state index is -0.106. The van der Waals surface area contributed by atoms with Gasteiger partial charge in [0.2, 0.25) is 0 Å². The van der Waals surface area contributed by atoms with Crippen molar-refractivity contribution in [3.05, 3.63) is 28.8 Å². The van der Waals surface area contributed by atoms with E-state index in [0.717, 1.165) is 25.1 Å². The fraction of sp³-hybridized carbons (Fsp3) is 0.588. The number of carbonyl (C=O) groups is 1. The third-order valence-corrected chi connectivity index (χ3v) is 4.88. The average molecular weight is 340 g/mol. The van der Waals surface area contributed by atoms with Crippen molar-refractivity contribution in [2.75, 3.05) is 39.6 Å². The van der Waals surface area contributed by atoms with Crippen LogP contribution in [0.15, 0.2) is 18.2 Å². The summed E-state index contributed by atoms with van der Waals surface area (Å²) in [6.45, 7) is 4.58. The highest BCUT2D eigenvalue weighted by Gasteiger charge is 2.30. The second-order valence-corrected chi connectivity index (χ2v) is 6.74. The summed E-state index contributed by atoms with van der Waals surface area (Å²) in [6.07, 6.45) is 0.988. The van der Waals surface area contributed by atoms with E-state index in [1.165, 1.54) is 0 Å². The third kappa shape index (κ3) is 4.37. The summed E-state index contributed by atoms with van der Waals surface area (Å²) < 4.78 is 5.18. The Morgan fingerprint density at radius 3 is 2.91 bits per heavy atom. The number of urea groups is 1. The zero-order valence-corrected chi connectivity index (χ0v) is 15.1. The van der Waals surface area contributed by atoms with Gasteiger partial charge in [-0.25, -0.2) is 4.79 Å². The van der Waals surface area contributed by atoms with Gasteiger partial charge in [-0.15, -0.1) is 0 Å². The van der Waals surface area contributed by atoms with E-state index in [1.807, 2.05) is 24.1 Å². The number of hydrogen-bond donors (Lipinski definition) is 1. The molecule has 0 unspecified atom stereocenters. The van der Waals surface area contributed by atoms with Gasteiger partial charge >= 0.3 is 6.03 Å². The minimum Gasteiger partial charge on any atom is -0.380 e. The van der Waals surface area contributed by atoms with Gasteiger partial charge in [-0.1, -0.05) is 24.6 Å². The number of methoxy groups -OCH3 is 1. The van der Waals surface area contributed by atoms with E-state index in [9.17, 15) is 4.79 Å². The molecule has 2 amide bonds. The zero-order valence-electron chi connectivity index (χ0n) is 14.3. The monoisotopic (exact) mass is 339 g/mol. The number of halogens is 1. The van der Waals surface area contributed by atoms with E-state index >= 15 is 0 Å². The summed E-state index contributed by atoms with van der Waals surface area (Å²) in [7, 11) is 5.60. The molecular weight excluding hydrogens is 314 g/mol. The highest BCUT2D eigenvalue weighted by atomic mass is 35.5. The third-order valence-electron chi connectivity index (χ3n) is 4.53.